The van der Waals surface area contributed by atoms with Crippen LogP contribution in [0.3, 0.4) is 0 Å². The van der Waals surface area contributed by atoms with E-state index in [0.717, 1.165) is 13.1 Å². The van der Waals surface area contributed by atoms with Crippen LogP contribution in [0.5, 0.6) is 0 Å². The molecule has 1 saturated carbocycles. The van der Waals surface area contributed by atoms with Crippen molar-refractivity contribution in [1.82, 2.24) is 10.6 Å². The molecule has 3 atom stereocenters. The van der Waals surface area contributed by atoms with Gasteiger partial charge in [0.15, 0.2) is 0 Å². The van der Waals surface area contributed by atoms with E-state index in [1.54, 1.807) is 0 Å². The summed E-state index contributed by atoms with van der Waals surface area (Å²) in [6.45, 7) is 4.12. The standard InChI is InChI=1S/C21H29N2P.2Ar.2ClH.Co/c1-16-8-2-3-9-17(16)14-22-19-11-5-6-12-20(19)23-15-18-10-4-7-13-21(18)24;;;;;/h2-4,7-10,13,19-20,22-23H,5-6,11-12,14-15,24H2,1H3;;;2*1H;/q;;;;;+2/p-2. The molecule has 29 heavy (non-hydrogen) atoms. The van der Waals surface area contributed by atoms with Gasteiger partial charge in [-0.1, -0.05) is 61.4 Å². The van der Waals surface area contributed by atoms with Gasteiger partial charge in [0, 0.05) is 101 Å². The zero-order chi connectivity index (χ0) is 19.5. The summed E-state index contributed by atoms with van der Waals surface area (Å²) >= 11 is 0.382. The molecule has 0 aliphatic heterocycles. The quantitative estimate of drug-likeness (QED) is 0.492. The topological polar surface area (TPSA) is 24.1 Å². The Hall–Kier alpha value is 2.40. The normalized spacial score (nSPS) is 18.1. The second-order valence-corrected chi connectivity index (χ2v) is 9.27. The molecule has 0 bridgehead atoms. The second kappa shape index (κ2) is 18.8. The van der Waals surface area contributed by atoms with Gasteiger partial charge < -0.3 is 10.6 Å². The maximum atomic E-state index is 4.73. The summed E-state index contributed by atoms with van der Waals surface area (Å²) in [5, 5.41) is 8.91. The first-order chi connectivity index (χ1) is 13.2. The minimum atomic E-state index is 0. The Balaban J connectivity index is 0.00000148. The van der Waals surface area contributed by atoms with Crippen LogP contribution in [0.1, 0.15) is 42.4 Å². The molecule has 0 saturated heterocycles. The molecule has 2 aromatic rings. The molecule has 1 aliphatic carbocycles. The van der Waals surface area contributed by atoms with E-state index in [0.29, 0.717) is 25.0 Å². The average Bonchev–Trinajstić information content (AvgIpc) is 2.68. The van der Waals surface area contributed by atoms with Crippen LogP contribution in [-0.2, 0) is 26.0 Å². The fourth-order valence-corrected chi connectivity index (χ4v) is 3.91. The number of aryl methyl sites for hydroxylation is 1. The maximum absolute atomic E-state index is 4.73. The third-order valence-corrected chi connectivity index (χ3v) is 5.75. The fraction of sp³-hybridized carbons (Fsp3) is 0.429. The summed E-state index contributed by atoms with van der Waals surface area (Å²) in [5.74, 6) is 0. The van der Waals surface area contributed by atoms with Gasteiger partial charge in [-0.05, 0) is 41.8 Å². The molecule has 0 amide bonds. The first kappa shape index (κ1) is 31.4. The molecule has 0 radical (unpaired) electrons. The monoisotopic (exact) mass is 549 g/mol. The molecule has 3 unspecified atom stereocenters. The molecule has 3 rings (SSSR count). The molecule has 0 aromatic heterocycles. The van der Waals surface area contributed by atoms with Crippen molar-refractivity contribution >= 4 is 34.8 Å². The van der Waals surface area contributed by atoms with E-state index in [1.165, 1.54) is 47.7 Å². The summed E-state index contributed by atoms with van der Waals surface area (Å²) in [6.07, 6.45) is 5.21. The molecular weight excluding hydrogens is 521 g/mol. The molecule has 2 N–H and O–H groups in total. The third kappa shape index (κ3) is 11.9. The summed E-state index contributed by atoms with van der Waals surface area (Å²) in [7, 11) is 12.3. The molecule has 8 heteroatoms. The van der Waals surface area contributed by atoms with Crippen molar-refractivity contribution in [1.29, 1.82) is 0 Å². The minimum absolute atomic E-state index is 0. The van der Waals surface area contributed by atoms with Gasteiger partial charge >= 0.3 is 33.2 Å². The van der Waals surface area contributed by atoms with Gasteiger partial charge in [0.25, 0.3) is 0 Å². The van der Waals surface area contributed by atoms with Crippen molar-refractivity contribution in [2.45, 2.75) is 57.8 Å². The third-order valence-electron chi connectivity index (χ3n) is 5.19. The Kier molecular flexibility index (Phi) is 20.3. The Morgan fingerprint density at radius 1 is 0.862 bits per heavy atom. The van der Waals surface area contributed by atoms with Crippen LogP contribution >= 0.6 is 29.5 Å². The number of rotatable bonds is 6. The van der Waals surface area contributed by atoms with E-state index >= 15 is 0 Å². The van der Waals surface area contributed by atoms with Crippen LogP contribution in [0.2, 0.25) is 0 Å². The molecule has 0 heterocycles. The molecule has 1 fully saturated rings. The first-order valence-corrected chi connectivity index (χ1v) is 12.8. The molecule has 0 spiro atoms. The van der Waals surface area contributed by atoms with E-state index in [1.807, 2.05) is 0 Å². The van der Waals surface area contributed by atoms with Gasteiger partial charge in [-0.3, -0.25) is 0 Å². The predicted molar refractivity (Wildman–Crippen MR) is 118 cm³/mol. The van der Waals surface area contributed by atoms with Gasteiger partial charge in [0.05, 0.1) is 0 Å². The van der Waals surface area contributed by atoms with Gasteiger partial charge in [-0.15, -0.1) is 9.24 Å². The number of nitrogens with one attached hydrogen (secondary N) is 2. The average molecular weight is 550 g/mol. The molecule has 2 aromatic carbocycles. The number of hydrogen-bond donors (Lipinski definition) is 2. The first-order valence-electron chi connectivity index (χ1n) is 9.34. The SMILES string of the molecule is Cc1ccccc1CNC1CCCCC1NCc1ccccc1P.[Ar].[Ar].[Cl][Co][Cl]. The molecule has 2 nitrogen and oxygen atoms in total. The van der Waals surface area contributed by atoms with Crippen molar-refractivity contribution < 1.29 is 88.4 Å². The summed E-state index contributed by atoms with van der Waals surface area (Å²) in [5.41, 5.74) is 4.17. The summed E-state index contributed by atoms with van der Waals surface area (Å²) in [6, 6.07) is 18.4. The van der Waals surface area contributed by atoms with Crippen LogP contribution in [0.4, 0.5) is 0 Å². The number of hydrogen-bond acceptors (Lipinski definition) is 2. The summed E-state index contributed by atoms with van der Waals surface area (Å²) < 4.78 is 0. The number of benzene rings is 2. The van der Waals surface area contributed by atoms with E-state index in [4.69, 9.17) is 20.3 Å². The van der Waals surface area contributed by atoms with Gasteiger partial charge in [0.2, 0.25) is 0 Å². The fourth-order valence-electron chi connectivity index (χ4n) is 3.61. The van der Waals surface area contributed by atoms with Crippen molar-refractivity contribution in [2.24, 2.45) is 0 Å². The van der Waals surface area contributed by atoms with Gasteiger partial charge in [0.1, 0.15) is 0 Å². The van der Waals surface area contributed by atoms with Crippen molar-refractivity contribution in [2.75, 3.05) is 0 Å². The molecule has 1 aliphatic rings. The Morgan fingerprint density at radius 3 is 1.83 bits per heavy atom. The summed E-state index contributed by atoms with van der Waals surface area (Å²) in [4.78, 5) is 0. The number of halogens is 2. The Morgan fingerprint density at radius 2 is 1.31 bits per heavy atom. The predicted octanol–water partition coefficient (Wildman–Crippen LogP) is 5.06. The van der Waals surface area contributed by atoms with Crippen LogP contribution in [0.15, 0.2) is 48.5 Å². The van der Waals surface area contributed by atoms with Crippen molar-refractivity contribution in [3.05, 3.63) is 65.2 Å². The molecular formula is C21H29Ar2Cl2CoN2P. The van der Waals surface area contributed by atoms with Crippen molar-refractivity contribution in [3.8, 4) is 0 Å². The van der Waals surface area contributed by atoms with Crippen LogP contribution in [0.25, 0.3) is 0 Å². The Bertz CT molecular complexity index is 640. The Labute approximate surface area is 253 Å². The molecule has 167 valence electrons. The van der Waals surface area contributed by atoms with Gasteiger partial charge in [-0.2, -0.15) is 0 Å². The van der Waals surface area contributed by atoms with E-state index < -0.39 is 0 Å². The zero-order valence-corrected chi connectivity index (χ0v) is 21.5. The van der Waals surface area contributed by atoms with E-state index in [-0.39, 0.29) is 75.5 Å². The zero-order valence-electron chi connectivity index (χ0n) is 16.4. The van der Waals surface area contributed by atoms with E-state index in [9.17, 15) is 0 Å². The van der Waals surface area contributed by atoms with Crippen LogP contribution < -0.4 is 15.9 Å². The van der Waals surface area contributed by atoms with Crippen LogP contribution in [-0.4, -0.2) is 12.1 Å². The van der Waals surface area contributed by atoms with E-state index in [2.05, 4.69) is 75.3 Å². The van der Waals surface area contributed by atoms with Gasteiger partial charge in [-0.25, -0.2) is 0 Å². The second-order valence-electron chi connectivity index (χ2n) is 6.93. The van der Waals surface area contributed by atoms with Crippen molar-refractivity contribution in [3.63, 3.8) is 0 Å². The van der Waals surface area contributed by atoms with Crippen LogP contribution in [0, 0.1) is 82.4 Å².